The van der Waals surface area contributed by atoms with Crippen LogP contribution in [0.1, 0.15) is 51.4 Å². The molecule has 2 heterocycles. The molecule has 0 unspecified atom stereocenters. The third-order valence-corrected chi connectivity index (χ3v) is 5.49. The van der Waals surface area contributed by atoms with Crippen molar-refractivity contribution in [3.8, 4) is 11.3 Å². The molecule has 3 aromatic rings. The van der Waals surface area contributed by atoms with Gasteiger partial charge in [-0.05, 0) is 51.7 Å². The highest BCUT2D eigenvalue weighted by molar-refractivity contribution is 6.33. The second-order valence-corrected chi connectivity index (χ2v) is 8.11. The number of aliphatic hydroxyl groups is 1. The summed E-state index contributed by atoms with van der Waals surface area (Å²) in [5.74, 6) is 1.09. The number of nitrogens with zero attached hydrogens (tertiary/aromatic N) is 4. The van der Waals surface area contributed by atoms with E-state index in [4.69, 9.17) is 22.4 Å². The summed E-state index contributed by atoms with van der Waals surface area (Å²) in [4.78, 5) is 12.2. The van der Waals surface area contributed by atoms with Crippen molar-refractivity contribution in [2.24, 2.45) is 5.92 Å². The van der Waals surface area contributed by atoms with Crippen LogP contribution in [0.3, 0.4) is 0 Å². The number of imidazole rings is 1. The molecule has 4 rings (SSSR count). The molecule has 0 atom stereocenters. The molecular weight excluding hydrogens is 393 g/mol. The summed E-state index contributed by atoms with van der Waals surface area (Å²) in [6.45, 7) is 6.32. The summed E-state index contributed by atoms with van der Waals surface area (Å²) in [6, 6.07) is 3.35. The molecular formula is C21H27ClFN5O. The molecule has 1 saturated carbocycles. The number of benzene rings is 1. The van der Waals surface area contributed by atoms with Gasteiger partial charge in [-0.3, -0.25) is 0 Å². The second-order valence-electron chi connectivity index (χ2n) is 7.71. The van der Waals surface area contributed by atoms with Crippen LogP contribution >= 0.6 is 11.6 Å². The summed E-state index contributed by atoms with van der Waals surface area (Å²) >= 11 is 6.12. The molecule has 8 heteroatoms. The van der Waals surface area contributed by atoms with E-state index >= 15 is 0 Å². The van der Waals surface area contributed by atoms with Gasteiger partial charge in [0.15, 0.2) is 5.82 Å². The van der Waals surface area contributed by atoms with Crippen molar-refractivity contribution in [2.45, 2.75) is 52.5 Å². The van der Waals surface area contributed by atoms with E-state index in [1.807, 2.05) is 31.4 Å². The third-order valence-electron chi connectivity index (χ3n) is 5.21. The molecule has 1 aliphatic carbocycles. The van der Waals surface area contributed by atoms with Crippen molar-refractivity contribution in [1.29, 1.82) is 0 Å². The van der Waals surface area contributed by atoms with Gasteiger partial charge in [-0.25, -0.2) is 19.3 Å². The molecule has 1 fully saturated rings. The molecule has 29 heavy (non-hydrogen) atoms. The zero-order chi connectivity index (χ0) is 21.1. The predicted molar refractivity (Wildman–Crippen MR) is 114 cm³/mol. The van der Waals surface area contributed by atoms with E-state index in [-0.39, 0.29) is 12.0 Å². The van der Waals surface area contributed by atoms with Gasteiger partial charge < -0.3 is 15.4 Å². The molecule has 6 nitrogen and oxygen atoms in total. The van der Waals surface area contributed by atoms with E-state index in [0.717, 1.165) is 5.82 Å². The van der Waals surface area contributed by atoms with Gasteiger partial charge in [0.05, 0.1) is 22.4 Å². The van der Waals surface area contributed by atoms with E-state index in [1.165, 1.54) is 37.9 Å². The van der Waals surface area contributed by atoms with E-state index in [9.17, 15) is 4.39 Å². The van der Waals surface area contributed by atoms with Crippen molar-refractivity contribution in [2.75, 3.05) is 12.3 Å². The Balaban J connectivity index is 0.000000290. The normalized spacial score (nSPS) is 14.4. The summed E-state index contributed by atoms with van der Waals surface area (Å²) in [5, 5.41) is 8.89. The summed E-state index contributed by atoms with van der Waals surface area (Å²) < 4.78 is 16.4. The quantitative estimate of drug-likeness (QED) is 0.628. The van der Waals surface area contributed by atoms with E-state index in [0.29, 0.717) is 39.8 Å². The van der Waals surface area contributed by atoms with E-state index < -0.39 is 5.82 Å². The van der Waals surface area contributed by atoms with Crippen LogP contribution < -0.4 is 5.73 Å². The van der Waals surface area contributed by atoms with Crippen LogP contribution in [0.4, 0.5) is 10.3 Å². The summed E-state index contributed by atoms with van der Waals surface area (Å²) in [7, 11) is 0. The lowest BCUT2D eigenvalue weighted by Crippen LogP contribution is -2.03. The molecule has 0 amide bonds. The first-order chi connectivity index (χ1) is 13.8. The Labute approximate surface area is 175 Å². The number of halogens is 2. The maximum Gasteiger partial charge on any atom is 0.220 e. The van der Waals surface area contributed by atoms with E-state index in [2.05, 4.69) is 15.0 Å². The maximum atomic E-state index is 14.4. The van der Waals surface area contributed by atoms with Crippen LogP contribution in [0.2, 0.25) is 5.02 Å². The number of nitrogen functional groups attached to an aromatic ring is 1. The highest BCUT2D eigenvalue weighted by atomic mass is 35.5. The molecule has 3 N–H and O–H groups in total. The van der Waals surface area contributed by atoms with Crippen LogP contribution in [0.5, 0.6) is 0 Å². The van der Waals surface area contributed by atoms with Gasteiger partial charge in [-0.15, -0.1) is 0 Å². The largest absolute Gasteiger partial charge is 0.396 e. The fraction of sp³-hybridized carbons (Fsp3) is 0.476. The Morgan fingerprint density at radius 2 is 1.97 bits per heavy atom. The number of aromatic nitrogens is 4. The average molecular weight is 420 g/mol. The maximum absolute atomic E-state index is 14.4. The molecule has 0 saturated heterocycles. The van der Waals surface area contributed by atoms with Crippen LogP contribution in [0.25, 0.3) is 22.3 Å². The topological polar surface area (TPSA) is 89.9 Å². The molecule has 156 valence electrons. The molecule has 0 radical (unpaired) electrons. The van der Waals surface area contributed by atoms with Crippen molar-refractivity contribution < 1.29 is 9.50 Å². The number of aliphatic hydroxyl groups excluding tert-OH is 1. The van der Waals surface area contributed by atoms with Crippen molar-refractivity contribution in [3.63, 3.8) is 0 Å². The number of hydrogen-bond donors (Lipinski definition) is 2. The number of nitrogens with two attached hydrogens (primary N) is 1. The molecule has 0 spiro atoms. The highest BCUT2D eigenvalue weighted by Gasteiger charge is 2.17. The molecule has 0 bridgehead atoms. The number of aryl methyl sites for hydroxylation is 1. The molecule has 1 aromatic carbocycles. The standard InChI is InChI=1S/C15H15ClFN5.C6H12O/c1-7(2)22-8(3)20-14-11(17)4-9(5-12(14)22)13-10(16)6-19-15(18)21-13;7-5-6-3-1-2-4-6/h4-7H,1-3H3,(H2,18,19,21);6-7H,1-5H2. The van der Waals surface area contributed by atoms with Gasteiger partial charge in [-0.1, -0.05) is 24.4 Å². The highest BCUT2D eigenvalue weighted by Crippen LogP contribution is 2.31. The van der Waals surface area contributed by atoms with Gasteiger partial charge in [0, 0.05) is 18.2 Å². The van der Waals surface area contributed by atoms with Crippen molar-refractivity contribution in [3.05, 3.63) is 35.0 Å². The predicted octanol–water partition coefficient (Wildman–Crippen LogP) is 4.93. The van der Waals surface area contributed by atoms with Crippen molar-refractivity contribution in [1.82, 2.24) is 19.5 Å². The number of fused-ring (bicyclic) bond motifs is 1. The van der Waals surface area contributed by atoms with Crippen LogP contribution in [0.15, 0.2) is 18.3 Å². The number of hydrogen-bond acceptors (Lipinski definition) is 5. The zero-order valence-corrected chi connectivity index (χ0v) is 17.7. The fourth-order valence-corrected chi connectivity index (χ4v) is 4.03. The first-order valence-corrected chi connectivity index (χ1v) is 10.3. The lowest BCUT2D eigenvalue weighted by Gasteiger charge is -2.12. The molecule has 2 aromatic heterocycles. The molecule has 1 aliphatic rings. The van der Waals surface area contributed by atoms with Gasteiger partial charge in [0.1, 0.15) is 11.3 Å². The molecule has 0 aliphatic heterocycles. The van der Waals surface area contributed by atoms with E-state index in [1.54, 1.807) is 0 Å². The first kappa shape index (κ1) is 21.5. The first-order valence-electron chi connectivity index (χ1n) is 9.89. The Morgan fingerprint density at radius 1 is 1.28 bits per heavy atom. The SMILES string of the molecule is Cc1nc2c(F)cc(-c3nc(N)ncc3Cl)cc2n1C(C)C.OCC1CCCC1. The minimum atomic E-state index is -0.414. The smallest absolute Gasteiger partial charge is 0.220 e. The Bertz CT molecular complexity index is 998. The monoisotopic (exact) mass is 419 g/mol. The van der Waals surface area contributed by atoms with Crippen molar-refractivity contribution >= 4 is 28.6 Å². The average Bonchev–Trinajstić information content (AvgIpc) is 3.31. The van der Waals surface area contributed by atoms with Gasteiger partial charge in [-0.2, -0.15) is 0 Å². The summed E-state index contributed by atoms with van der Waals surface area (Å²) in [5.41, 5.74) is 7.60. The van der Waals surface area contributed by atoms with Crippen LogP contribution in [-0.4, -0.2) is 31.2 Å². The second kappa shape index (κ2) is 9.05. The van der Waals surface area contributed by atoms with Crippen LogP contribution in [-0.2, 0) is 0 Å². The van der Waals surface area contributed by atoms with Gasteiger partial charge in [0.2, 0.25) is 5.95 Å². The Morgan fingerprint density at radius 3 is 2.55 bits per heavy atom. The zero-order valence-electron chi connectivity index (χ0n) is 17.0. The van der Waals surface area contributed by atoms with Gasteiger partial charge >= 0.3 is 0 Å². The van der Waals surface area contributed by atoms with Gasteiger partial charge in [0.25, 0.3) is 0 Å². The third kappa shape index (κ3) is 4.67. The lowest BCUT2D eigenvalue weighted by atomic mass is 10.1. The fourth-order valence-electron chi connectivity index (χ4n) is 3.83. The number of rotatable bonds is 3. The Hall–Kier alpha value is -2.25. The Kier molecular flexibility index (Phi) is 6.70. The lowest BCUT2D eigenvalue weighted by molar-refractivity contribution is 0.230. The minimum absolute atomic E-state index is 0.0912. The minimum Gasteiger partial charge on any atom is -0.396 e. The number of anilines is 1. The van der Waals surface area contributed by atoms with Crippen LogP contribution in [0, 0.1) is 18.7 Å². The summed E-state index contributed by atoms with van der Waals surface area (Å²) in [6.07, 6.45) is 6.61.